The van der Waals surface area contributed by atoms with Crippen LogP contribution < -0.4 is 14.8 Å². The number of carbonyl (C=O) groups excluding carboxylic acids is 2. The van der Waals surface area contributed by atoms with E-state index >= 15 is 0 Å². The molecular weight excluding hydrogens is 427 g/mol. The Hall–Kier alpha value is -3.04. The van der Waals surface area contributed by atoms with Crippen LogP contribution in [0.1, 0.15) is 17.3 Å². The van der Waals surface area contributed by atoms with E-state index in [0.717, 1.165) is 12.1 Å². The maximum atomic E-state index is 12.5. The Balaban J connectivity index is 2.22. The van der Waals surface area contributed by atoms with Crippen LogP contribution in [0.3, 0.4) is 0 Å². The summed E-state index contributed by atoms with van der Waals surface area (Å²) in [5.74, 6) is -1.60. The van der Waals surface area contributed by atoms with Crippen molar-refractivity contribution in [2.75, 3.05) is 19.5 Å². The molecule has 0 heterocycles. The molecule has 1 atom stereocenters. The molecule has 0 aliphatic carbocycles. The number of carbonyl (C=O) groups is 2. The average molecular weight is 443 g/mol. The summed E-state index contributed by atoms with van der Waals surface area (Å²) in [7, 11) is 2.61. The second-order valence-electron chi connectivity index (χ2n) is 5.68. The highest BCUT2D eigenvalue weighted by Crippen LogP contribution is 2.35. The zero-order chi connectivity index (χ0) is 21.7. The number of nitro benzene ring substituents is 1. The van der Waals surface area contributed by atoms with Crippen molar-refractivity contribution >= 4 is 46.5 Å². The Morgan fingerprint density at radius 2 is 1.59 bits per heavy atom. The van der Waals surface area contributed by atoms with Gasteiger partial charge in [0.25, 0.3) is 11.6 Å². The summed E-state index contributed by atoms with van der Waals surface area (Å²) in [5.41, 5.74) is -0.646. The highest BCUT2D eigenvalue weighted by molar-refractivity contribution is 6.35. The first-order chi connectivity index (χ1) is 13.7. The molecule has 9 nitrogen and oxygen atoms in total. The van der Waals surface area contributed by atoms with Crippen molar-refractivity contribution in [3.8, 4) is 11.5 Å². The Morgan fingerprint density at radius 1 is 1.03 bits per heavy atom. The van der Waals surface area contributed by atoms with Gasteiger partial charge in [0.15, 0.2) is 17.6 Å². The molecule has 2 aromatic rings. The predicted molar refractivity (Wildman–Crippen MR) is 106 cm³/mol. The summed E-state index contributed by atoms with van der Waals surface area (Å²) < 4.78 is 15.1. The number of hydrogen-bond acceptors (Lipinski definition) is 7. The van der Waals surface area contributed by atoms with Gasteiger partial charge in [0, 0.05) is 21.8 Å². The largest absolute Gasteiger partial charge is 0.493 e. The molecule has 154 valence electrons. The zero-order valence-corrected chi connectivity index (χ0v) is 17.0. The lowest BCUT2D eigenvalue weighted by Gasteiger charge is -2.15. The number of hydrogen-bond donors (Lipinski definition) is 1. The monoisotopic (exact) mass is 442 g/mol. The van der Waals surface area contributed by atoms with Gasteiger partial charge in [0.1, 0.15) is 5.56 Å². The summed E-state index contributed by atoms with van der Waals surface area (Å²) in [6.45, 7) is 1.31. The molecule has 29 heavy (non-hydrogen) atoms. The molecule has 0 fully saturated rings. The van der Waals surface area contributed by atoms with Crippen molar-refractivity contribution in [2.24, 2.45) is 0 Å². The number of halogens is 2. The third kappa shape index (κ3) is 5.49. The minimum absolute atomic E-state index is 0.0689. The fraction of sp³-hybridized carbons (Fsp3) is 0.222. The predicted octanol–water partition coefficient (Wildman–Crippen LogP) is 4.10. The number of nitro groups is 1. The van der Waals surface area contributed by atoms with Gasteiger partial charge in [-0.15, -0.1) is 0 Å². The summed E-state index contributed by atoms with van der Waals surface area (Å²) in [6, 6.07) is 6.55. The lowest BCUT2D eigenvalue weighted by atomic mass is 10.1. The number of rotatable bonds is 7. The van der Waals surface area contributed by atoms with Crippen LogP contribution in [-0.4, -0.2) is 37.1 Å². The van der Waals surface area contributed by atoms with E-state index in [4.69, 9.17) is 37.4 Å². The first-order valence-electron chi connectivity index (χ1n) is 8.04. The molecule has 2 aromatic carbocycles. The number of esters is 1. The first-order valence-corrected chi connectivity index (χ1v) is 8.80. The second-order valence-corrected chi connectivity index (χ2v) is 6.55. The number of ether oxygens (including phenoxy) is 3. The summed E-state index contributed by atoms with van der Waals surface area (Å²) in [5, 5.41) is 14.4. The number of methoxy groups -OCH3 is 2. The van der Waals surface area contributed by atoms with Crippen LogP contribution >= 0.6 is 23.2 Å². The molecule has 0 aliphatic heterocycles. The number of nitrogens with zero attached hydrogens (tertiary/aromatic N) is 1. The van der Waals surface area contributed by atoms with Gasteiger partial charge in [0.2, 0.25) is 0 Å². The molecule has 0 spiro atoms. The minimum atomic E-state index is -1.27. The second kappa shape index (κ2) is 9.44. The van der Waals surface area contributed by atoms with Gasteiger partial charge in [-0.3, -0.25) is 14.9 Å². The Labute approximate surface area is 175 Å². The van der Waals surface area contributed by atoms with Crippen molar-refractivity contribution in [1.82, 2.24) is 0 Å². The number of benzene rings is 2. The maximum Gasteiger partial charge on any atom is 0.346 e. The fourth-order valence-corrected chi connectivity index (χ4v) is 2.86. The molecule has 11 heteroatoms. The third-order valence-electron chi connectivity index (χ3n) is 3.70. The SMILES string of the molecule is COc1cc(C(=O)O[C@H](C)C(=O)Nc2cc(Cl)cc(Cl)c2)c([N+](=O)[O-])cc1OC. The molecule has 0 unspecified atom stereocenters. The molecule has 2 rings (SSSR count). The molecular formula is C18H16Cl2N2O7. The van der Waals surface area contributed by atoms with Crippen molar-refractivity contribution < 1.29 is 28.7 Å². The molecule has 0 saturated heterocycles. The van der Waals surface area contributed by atoms with E-state index in [1.54, 1.807) is 0 Å². The van der Waals surface area contributed by atoms with Gasteiger partial charge in [0.05, 0.1) is 25.2 Å². The number of anilines is 1. The lowest BCUT2D eigenvalue weighted by molar-refractivity contribution is -0.385. The van der Waals surface area contributed by atoms with Crippen molar-refractivity contribution in [3.05, 3.63) is 56.1 Å². The molecule has 1 amide bonds. The van der Waals surface area contributed by atoms with Gasteiger partial charge in [-0.05, 0) is 25.1 Å². The number of nitrogens with one attached hydrogen (secondary N) is 1. The van der Waals surface area contributed by atoms with E-state index in [1.807, 2.05) is 0 Å². The van der Waals surface area contributed by atoms with Crippen LogP contribution in [0.5, 0.6) is 11.5 Å². The highest BCUT2D eigenvalue weighted by Gasteiger charge is 2.28. The highest BCUT2D eigenvalue weighted by atomic mass is 35.5. The quantitative estimate of drug-likeness (QED) is 0.389. The van der Waals surface area contributed by atoms with Gasteiger partial charge in [-0.25, -0.2) is 4.79 Å². The third-order valence-corrected chi connectivity index (χ3v) is 4.14. The fourth-order valence-electron chi connectivity index (χ4n) is 2.33. The van der Waals surface area contributed by atoms with E-state index in [9.17, 15) is 19.7 Å². The molecule has 0 bridgehead atoms. The van der Waals surface area contributed by atoms with Crippen LogP contribution in [0, 0.1) is 10.1 Å². The Bertz CT molecular complexity index is 945. The van der Waals surface area contributed by atoms with E-state index in [0.29, 0.717) is 15.7 Å². The van der Waals surface area contributed by atoms with Gasteiger partial charge in [-0.2, -0.15) is 0 Å². The van der Waals surface area contributed by atoms with Crippen molar-refractivity contribution in [3.63, 3.8) is 0 Å². The first kappa shape index (κ1) is 22.3. The Kier molecular flexibility index (Phi) is 7.24. The minimum Gasteiger partial charge on any atom is -0.493 e. The standard InChI is InChI=1S/C18H16Cl2N2O7/c1-9(17(23)21-12-5-10(19)4-11(20)6-12)29-18(24)13-7-15(27-2)16(28-3)8-14(13)22(25)26/h4-9H,1-3H3,(H,21,23)/t9-/m1/s1. The van der Waals surface area contributed by atoms with Gasteiger partial charge < -0.3 is 19.5 Å². The molecule has 1 N–H and O–H groups in total. The maximum absolute atomic E-state index is 12.5. The van der Waals surface area contributed by atoms with Crippen LogP contribution in [0.15, 0.2) is 30.3 Å². The van der Waals surface area contributed by atoms with Crippen LogP contribution in [0.2, 0.25) is 10.0 Å². The molecule has 0 aromatic heterocycles. The number of amides is 1. The normalized spacial score (nSPS) is 11.3. The summed E-state index contributed by atoms with van der Waals surface area (Å²) >= 11 is 11.7. The van der Waals surface area contributed by atoms with E-state index < -0.39 is 34.2 Å². The van der Waals surface area contributed by atoms with Crippen LogP contribution in [-0.2, 0) is 9.53 Å². The summed E-state index contributed by atoms with van der Waals surface area (Å²) in [6.07, 6.45) is -1.27. The van der Waals surface area contributed by atoms with E-state index in [-0.39, 0.29) is 11.5 Å². The van der Waals surface area contributed by atoms with E-state index in [2.05, 4.69) is 5.32 Å². The van der Waals surface area contributed by atoms with Crippen molar-refractivity contribution in [2.45, 2.75) is 13.0 Å². The molecule has 0 radical (unpaired) electrons. The topological polar surface area (TPSA) is 117 Å². The van der Waals surface area contributed by atoms with Gasteiger partial charge >= 0.3 is 5.97 Å². The van der Waals surface area contributed by atoms with Crippen LogP contribution in [0.25, 0.3) is 0 Å². The molecule has 0 saturated carbocycles. The van der Waals surface area contributed by atoms with Crippen molar-refractivity contribution in [1.29, 1.82) is 0 Å². The Morgan fingerprint density at radius 3 is 2.10 bits per heavy atom. The van der Waals surface area contributed by atoms with Gasteiger partial charge in [-0.1, -0.05) is 23.2 Å². The average Bonchev–Trinajstić information content (AvgIpc) is 2.65. The zero-order valence-electron chi connectivity index (χ0n) is 15.5. The van der Waals surface area contributed by atoms with E-state index in [1.165, 1.54) is 39.3 Å². The summed E-state index contributed by atoms with van der Waals surface area (Å²) in [4.78, 5) is 35.3. The van der Waals surface area contributed by atoms with Crippen LogP contribution in [0.4, 0.5) is 11.4 Å². The lowest BCUT2D eigenvalue weighted by Crippen LogP contribution is -2.30. The smallest absolute Gasteiger partial charge is 0.346 e. The molecule has 0 aliphatic rings.